The monoisotopic (exact) mass is 219 g/mol. The van der Waals surface area contributed by atoms with Crippen LogP contribution >= 0.6 is 0 Å². The molecule has 1 atom stereocenters. The van der Waals surface area contributed by atoms with Gasteiger partial charge in [-0.1, -0.05) is 13.3 Å². The van der Waals surface area contributed by atoms with E-state index in [-0.39, 0.29) is 0 Å². The lowest BCUT2D eigenvalue weighted by atomic mass is 10.1. The van der Waals surface area contributed by atoms with Crippen molar-refractivity contribution in [1.29, 1.82) is 0 Å². The summed E-state index contributed by atoms with van der Waals surface area (Å²) in [6.07, 6.45) is 7.53. The molecule has 0 spiro atoms. The van der Waals surface area contributed by atoms with E-state index in [4.69, 9.17) is 0 Å². The van der Waals surface area contributed by atoms with Crippen LogP contribution in [0.4, 0.5) is 5.69 Å². The molecule has 1 aromatic heterocycles. The number of pyridine rings is 1. The molecule has 0 saturated carbocycles. The van der Waals surface area contributed by atoms with E-state index in [1.807, 2.05) is 18.5 Å². The highest BCUT2D eigenvalue weighted by Gasteiger charge is 2.16. The van der Waals surface area contributed by atoms with E-state index < -0.39 is 0 Å². The number of nitrogens with zero attached hydrogens (tertiary/aromatic N) is 2. The molecular formula is C13H21N3. The fraction of sp³-hybridized carbons (Fsp3) is 0.615. The van der Waals surface area contributed by atoms with Crippen molar-refractivity contribution in [2.75, 3.05) is 24.5 Å². The second-order valence-electron chi connectivity index (χ2n) is 4.45. The van der Waals surface area contributed by atoms with E-state index in [0.717, 1.165) is 19.6 Å². The Labute approximate surface area is 97.9 Å². The number of nitrogens with one attached hydrogen (secondary N) is 1. The molecule has 16 heavy (non-hydrogen) atoms. The zero-order valence-corrected chi connectivity index (χ0v) is 10.0. The molecule has 3 heteroatoms. The molecule has 1 aromatic rings. The summed E-state index contributed by atoms with van der Waals surface area (Å²) in [5, 5.41) is 3.62. The van der Waals surface area contributed by atoms with Crippen LogP contribution in [0.2, 0.25) is 0 Å². The highest BCUT2D eigenvalue weighted by atomic mass is 15.2. The summed E-state index contributed by atoms with van der Waals surface area (Å²) in [6.45, 7) is 5.64. The zero-order valence-electron chi connectivity index (χ0n) is 10.0. The van der Waals surface area contributed by atoms with Crippen LogP contribution in [0.25, 0.3) is 0 Å². The van der Waals surface area contributed by atoms with Gasteiger partial charge in [-0.3, -0.25) is 4.98 Å². The molecule has 0 radical (unpaired) electrons. The van der Waals surface area contributed by atoms with Crippen molar-refractivity contribution in [2.24, 2.45) is 0 Å². The molecule has 0 aliphatic carbocycles. The predicted molar refractivity (Wildman–Crippen MR) is 67.8 cm³/mol. The molecule has 1 saturated heterocycles. The average Bonchev–Trinajstić information content (AvgIpc) is 2.56. The van der Waals surface area contributed by atoms with Crippen LogP contribution in [-0.2, 0) is 0 Å². The molecule has 2 heterocycles. The van der Waals surface area contributed by atoms with Crippen molar-refractivity contribution in [3.63, 3.8) is 0 Å². The summed E-state index contributed by atoms with van der Waals surface area (Å²) in [5.41, 5.74) is 1.26. The Kier molecular flexibility index (Phi) is 4.17. The van der Waals surface area contributed by atoms with Crippen molar-refractivity contribution >= 4 is 5.69 Å². The van der Waals surface area contributed by atoms with E-state index in [2.05, 4.69) is 28.2 Å². The third-order valence-electron chi connectivity index (χ3n) is 3.13. The first-order chi connectivity index (χ1) is 7.90. The Morgan fingerprint density at radius 3 is 3.25 bits per heavy atom. The number of rotatable bonds is 3. The lowest BCUT2D eigenvalue weighted by Crippen LogP contribution is -2.37. The molecule has 0 aromatic carbocycles. The molecule has 1 fully saturated rings. The predicted octanol–water partition coefficient (Wildman–Crippen LogP) is 2.05. The van der Waals surface area contributed by atoms with Gasteiger partial charge >= 0.3 is 0 Å². The van der Waals surface area contributed by atoms with E-state index in [0.29, 0.717) is 6.04 Å². The van der Waals surface area contributed by atoms with Gasteiger partial charge in [0.05, 0.1) is 11.9 Å². The molecule has 1 aliphatic rings. The van der Waals surface area contributed by atoms with Crippen LogP contribution in [0.3, 0.4) is 0 Å². The average molecular weight is 219 g/mol. The molecule has 0 bridgehead atoms. The normalized spacial score (nSPS) is 21.8. The Hall–Kier alpha value is -1.09. The van der Waals surface area contributed by atoms with Crippen LogP contribution < -0.4 is 10.2 Å². The molecule has 0 amide bonds. The van der Waals surface area contributed by atoms with Crippen molar-refractivity contribution in [2.45, 2.75) is 32.2 Å². The third-order valence-corrected chi connectivity index (χ3v) is 3.13. The van der Waals surface area contributed by atoms with Crippen LogP contribution in [0.1, 0.15) is 26.2 Å². The van der Waals surface area contributed by atoms with Crippen LogP contribution in [-0.4, -0.2) is 30.7 Å². The van der Waals surface area contributed by atoms with E-state index in [9.17, 15) is 0 Å². The Morgan fingerprint density at radius 1 is 1.56 bits per heavy atom. The summed E-state index contributed by atoms with van der Waals surface area (Å²) in [6, 6.07) is 4.80. The second-order valence-corrected chi connectivity index (χ2v) is 4.45. The first-order valence-corrected chi connectivity index (χ1v) is 6.28. The van der Waals surface area contributed by atoms with Gasteiger partial charge in [0, 0.05) is 25.3 Å². The van der Waals surface area contributed by atoms with Crippen molar-refractivity contribution in [3.05, 3.63) is 24.5 Å². The van der Waals surface area contributed by atoms with Gasteiger partial charge in [0.15, 0.2) is 0 Å². The number of aromatic nitrogens is 1. The minimum atomic E-state index is 0.632. The van der Waals surface area contributed by atoms with Gasteiger partial charge in [-0.2, -0.15) is 0 Å². The van der Waals surface area contributed by atoms with E-state index in [1.165, 1.54) is 24.9 Å². The first kappa shape index (κ1) is 11.4. The Morgan fingerprint density at radius 2 is 2.50 bits per heavy atom. The van der Waals surface area contributed by atoms with Crippen molar-refractivity contribution < 1.29 is 0 Å². The summed E-state index contributed by atoms with van der Waals surface area (Å²) in [5.74, 6) is 0. The van der Waals surface area contributed by atoms with Crippen LogP contribution in [0, 0.1) is 0 Å². The van der Waals surface area contributed by atoms with Gasteiger partial charge in [0.2, 0.25) is 0 Å². The Balaban J connectivity index is 2.03. The number of hydrogen-bond acceptors (Lipinski definition) is 3. The zero-order chi connectivity index (χ0) is 11.2. The molecule has 2 rings (SSSR count). The van der Waals surface area contributed by atoms with Crippen molar-refractivity contribution in [1.82, 2.24) is 10.3 Å². The van der Waals surface area contributed by atoms with Gasteiger partial charge in [-0.05, 0) is 31.5 Å². The minimum Gasteiger partial charge on any atom is -0.369 e. The topological polar surface area (TPSA) is 28.2 Å². The summed E-state index contributed by atoms with van der Waals surface area (Å²) in [4.78, 5) is 6.65. The number of anilines is 1. The molecule has 1 unspecified atom stereocenters. The summed E-state index contributed by atoms with van der Waals surface area (Å²) < 4.78 is 0. The quantitative estimate of drug-likeness (QED) is 0.843. The van der Waals surface area contributed by atoms with Gasteiger partial charge in [0.25, 0.3) is 0 Å². The fourth-order valence-corrected chi connectivity index (χ4v) is 2.32. The van der Waals surface area contributed by atoms with Crippen molar-refractivity contribution in [3.8, 4) is 0 Å². The maximum Gasteiger partial charge on any atom is 0.0553 e. The standard InChI is InChI=1S/C13H21N3/c1-2-5-12-11-16(9-4-8-15-12)13-6-3-7-14-10-13/h3,6-7,10,12,15H,2,4-5,8-9,11H2,1H3. The van der Waals surface area contributed by atoms with Gasteiger partial charge < -0.3 is 10.2 Å². The van der Waals surface area contributed by atoms with E-state index in [1.54, 1.807) is 0 Å². The second kappa shape index (κ2) is 5.85. The smallest absolute Gasteiger partial charge is 0.0553 e. The minimum absolute atomic E-state index is 0.632. The highest BCUT2D eigenvalue weighted by molar-refractivity contribution is 5.43. The first-order valence-electron chi connectivity index (χ1n) is 6.28. The molecular weight excluding hydrogens is 198 g/mol. The maximum atomic E-state index is 4.20. The lowest BCUT2D eigenvalue weighted by molar-refractivity contribution is 0.502. The highest BCUT2D eigenvalue weighted by Crippen LogP contribution is 2.15. The lowest BCUT2D eigenvalue weighted by Gasteiger charge is -2.25. The van der Waals surface area contributed by atoms with E-state index >= 15 is 0 Å². The molecule has 3 nitrogen and oxygen atoms in total. The fourth-order valence-electron chi connectivity index (χ4n) is 2.32. The largest absolute Gasteiger partial charge is 0.369 e. The summed E-state index contributed by atoms with van der Waals surface area (Å²) in [7, 11) is 0. The van der Waals surface area contributed by atoms with Gasteiger partial charge in [-0.25, -0.2) is 0 Å². The summed E-state index contributed by atoms with van der Waals surface area (Å²) >= 11 is 0. The maximum absolute atomic E-state index is 4.20. The van der Waals surface area contributed by atoms with Gasteiger partial charge in [-0.15, -0.1) is 0 Å². The SMILES string of the molecule is CCCC1CN(c2cccnc2)CCCN1. The number of hydrogen-bond donors (Lipinski definition) is 1. The molecule has 1 aliphatic heterocycles. The molecule has 1 N–H and O–H groups in total. The van der Waals surface area contributed by atoms with Crippen LogP contribution in [0.15, 0.2) is 24.5 Å². The molecule has 88 valence electrons. The van der Waals surface area contributed by atoms with Crippen LogP contribution in [0.5, 0.6) is 0 Å². The third kappa shape index (κ3) is 2.95. The van der Waals surface area contributed by atoms with Gasteiger partial charge in [0.1, 0.15) is 0 Å². The Bertz CT molecular complexity index is 299.